The standard InChI is InChI=1S/C23H26N6O2S/c1-13(2)25-19-12-24-11-18(26-19)16-9-8-14-6-7-15(10-17(14)16)20-27-21(32-29-20)28-22(30)31-23(3,4)5/h6-7,9-13H,8H2,1-5H3,(H,25,26)(H,27,28,29,30). The van der Waals surface area contributed by atoms with E-state index in [1.165, 1.54) is 5.56 Å². The number of ether oxygens (including phenoxy) is 1. The van der Waals surface area contributed by atoms with Crippen molar-refractivity contribution in [2.45, 2.75) is 52.7 Å². The van der Waals surface area contributed by atoms with Crippen LogP contribution in [0.3, 0.4) is 0 Å². The fourth-order valence-corrected chi connectivity index (χ4v) is 3.93. The average molecular weight is 451 g/mol. The van der Waals surface area contributed by atoms with Gasteiger partial charge in [0.25, 0.3) is 0 Å². The molecule has 1 aliphatic carbocycles. The van der Waals surface area contributed by atoms with E-state index in [-0.39, 0.29) is 6.04 Å². The maximum absolute atomic E-state index is 12.0. The number of carbonyl (C=O) groups excluding carboxylic acids is 1. The van der Waals surface area contributed by atoms with Crippen LogP contribution in [0, 0.1) is 0 Å². The van der Waals surface area contributed by atoms with Crippen molar-refractivity contribution in [1.82, 2.24) is 19.3 Å². The Labute approximate surface area is 191 Å². The van der Waals surface area contributed by atoms with Crippen LogP contribution in [0.2, 0.25) is 0 Å². The Morgan fingerprint density at radius 2 is 2.00 bits per heavy atom. The third kappa shape index (κ3) is 5.11. The van der Waals surface area contributed by atoms with E-state index in [0.29, 0.717) is 11.0 Å². The van der Waals surface area contributed by atoms with Crippen LogP contribution in [0.15, 0.2) is 36.7 Å². The summed E-state index contributed by atoms with van der Waals surface area (Å²) in [6, 6.07) is 6.42. The van der Waals surface area contributed by atoms with Crippen molar-refractivity contribution < 1.29 is 9.53 Å². The molecular formula is C23H26N6O2S. The molecule has 4 rings (SSSR count). The van der Waals surface area contributed by atoms with Gasteiger partial charge >= 0.3 is 6.09 Å². The number of benzene rings is 1. The third-order valence-electron chi connectivity index (χ3n) is 4.57. The van der Waals surface area contributed by atoms with Crippen molar-refractivity contribution in [1.29, 1.82) is 0 Å². The highest BCUT2D eigenvalue weighted by Crippen LogP contribution is 2.35. The number of fused-ring (bicyclic) bond motifs is 1. The van der Waals surface area contributed by atoms with Crippen LogP contribution < -0.4 is 10.6 Å². The third-order valence-corrected chi connectivity index (χ3v) is 5.20. The Morgan fingerprint density at radius 3 is 2.75 bits per heavy atom. The number of nitrogens with zero attached hydrogens (tertiary/aromatic N) is 4. The number of rotatable bonds is 5. The van der Waals surface area contributed by atoms with Gasteiger partial charge in [-0.15, -0.1) is 0 Å². The molecular weight excluding hydrogens is 424 g/mol. The lowest BCUT2D eigenvalue weighted by molar-refractivity contribution is 0.0636. The molecule has 0 spiro atoms. The van der Waals surface area contributed by atoms with Gasteiger partial charge in [0.2, 0.25) is 5.13 Å². The van der Waals surface area contributed by atoms with Gasteiger partial charge in [-0.2, -0.15) is 9.36 Å². The second-order valence-corrected chi connectivity index (χ2v) is 9.58. The molecule has 166 valence electrons. The van der Waals surface area contributed by atoms with Crippen molar-refractivity contribution in [2.24, 2.45) is 0 Å². The molecule has 8 nitrogen and oxygen atoms in total. The van der Waals surface area contributed by atoms with Gasteiger partial charge in [0.05, 0.1) is 18.1 Å². The summed E-state index contributed by atoms with van der Waals surface area (Å²) in [5, 5.41) is 6.33. The van der Waals surface area contributed by atoms with E-state index in [2.05, 4.69) is 57.0 Å². The minimum absolute atomic E-state index is 0.273. The lowest BCUT2D eigenvalue weighted by atomic mass is 10.0. The molecule has 2 aromatic heterocycles. The maximum atomic E-state index is 12.0. The van der Waals surface area contributed by atoms with Crippen LogP contribution in [0.5, 0.6) is 0 Å². The summed E-state index contributed by atoms with van der Waals surface area (Å²) < 4.78 is 9.69. The number of amides is 1. The van der Waals surface area contributed by atoms with Gasteiger partial charge in [-0.25, -0.2) is 9.78 Å². The summed E-state index contributed by atoms with van der Waals surface area (Å²) in [5.74, 6) is 1.30. The fraction of sp³-hybridized carbons (Fsp3) is 0.348. The summed E-state index contributed by atoms with van der Waals surface area (Å²) in [4.78, 5) is 25.5. The number of allylic oxidation sites excluding steroid dienone is 1. The van der Waals surface area contributed by atoms with Gasteiger partial charge in [0.1, 0.15) is 11.4 Å². The molecule has 32 heavy (non-hydrogen) atoms. The van der Waals surface area contributed by atoms with E-state index in [9.17, 15) is 4.79 Å². The van der Waals surface area contributed by atoms with Crippen molar-refractivity contribution in [3.05, 3.63) is 53.5 Å². The van der Waals surface area contributed by atoms with Crippen molar-refractivity contribution in [3.8, 4) is 11.4 Å². The normalized spacial score (nSPS) is 13.0. The van der Waals surface area contributed by atoms with E-state index in [1.807, 2.05) is 26.8 Å². The predicted molar refractivity (Wildman–Crippen MR) is 127 cm³/mol. The first-order valence-corrected chi connectivity index (χ1v) is 11.2. The number of hydrogen-bond donors (Lipinski definition) is 2. The van der Waals surface area contributed by atoms with E-state index >= 15 is 0 Å². The molecule has 1 aromatic carbocycles. The summed E-state index contributed by atoms with van der Waals surface area (Å²) >= 11 is 1.12. The van der Waals surface area contributed by atoms with Gasteiger partial charge in [-0.1, -0.05) is 18.2 Å². The van der Waals surface area contributed by atoms with Gasteiger partial charge < -0.3 is 10.1 Å². The number of carbonyl (C=O) groups is 1. The highest BCUT2D eigenvalue weighted by Gasteiger charge is 2.21. The molecule has 3 aromatic rings. The average Bonchev–Trinajstić information content (AvgIpc) is 3.32. The summed E-state index contributed by atoms with van der Waals surface area (Å²) in [6.07, 6.45) is 5.97. The molecule has 0 saturated carbocycles. The zero-order valence-electron chi connectivity index (χ0n) is 18.8. The van der Waals surface area contributed by atoms with Crippen LogP contribution in [0.25, 0.3) is 17.0 Å². The summed E-state index contributed by atoms with van der Waals surface area (Å²) in [6.45, 7) is 9.57. The molecule has 0 radical (unpaired) electrons. The topological polar surface area (TPSA) is 102 Å². The molecule has 0 saturated heterocycles. The SMILES string of the molecule is CC(C)Nc1cncc(C2=CCc3ccc(-c4nsc(NC(=O)OC(C)(C)C)n4)cc32)n1. The molecule has 2 heterocycles. The van der Waals surface area contributed by atoms with Gasteiger partial charge in [-0.05, 0) is 58.2 Å². The molecule has 0 aliphatic heterocycles. The zero-order valence-corrected chi connectivity index (χ0v) is 19.6. The van der Waals surface area contributed by atoms with Gasteiger partial charge in [0, 0.05) is 28.7 Å². The number of anilines is 2. The lowest BCUT2D eigenvalue weighted by Gasteiger charge is -2.18. The van der Waals surface area contributed by atoms with Crippen LogP contribution in [0.4, 0.5) is 15.7 Å². The Morgan fingerprint density at radius 1 is 1.19 bits per heavy atom. The number of aromatic nitrogens is 4. The van der Waals surface area contributed by atoms with Crippen LogP contribution >= 0.6 is 11.5 Å². The second kappa shape index (κ2) is 8.66. The molecule has 9 heteroatoms. The first-order chi connectivity index (χ1) is 15.2. The highest BCUT2D eigenvalue weighted by atomic mass is 32.1. The summed E-state index contributed by atoms with van der Waals surface area (Å²) in [7, 11) is 0. The number of nitrogens with one attached hydrogen (secondary N) is 2. The maximum Gasteiger partial charge on any atom is 0.414 e. The van der Waals surface area contributed by atoms with E-state index in [0.717, 1.165) is 46.2 Å². The van der Waals surface area contributed by atoms with E-state index < -0.39 is 11.7 Å². The van der Waals surface area contributed by atoms with E-state index in [4.69, 9.17) is 9.72 Å². The molecule has 0 atom stereocenters. The van der Waals surface area contributed by atoms with Crippen molar-refractivity contribution in [2.75, 3.05) is 10.6 Å². The monoisotopic (exact) mass is 450 g/mol. The quantitative estimate of drug-likeness (QED) is 0.554. The highest BCUT2D eigenvalue weighted by molar-refractivity contribution is 7.10. The predicted octanol–water partition coefficient (Wildman–Crippen LogP) is 5.15. The first kappa shape index (κ1) is 21.9. The Kier molecular flexibility index (Phi) is 5.92. The van der Waals surface area contributed by atoms with E-state index in [1.54, 1.807) is 12.4 Å². The number of hydrogen-bond acceptors (Lipinski definition) is 8. The molecule has 2 N–H and O–H groups in total. The van der Waals surface area contributed by atoms with Gasteiger partial charge in [0.15, 0.2) is 5.82 Å². The van der Waals surface area contributed by atoms with Crippen LogP contribution in [-0.2, 0) is 11.2 Å². The lowest BCUT2D eigenvalue weighted by Crippen LogP contribution is -2.27. The Hall–Kier alpha value is -3.33. The largest absolute Gasteiger partial charge is 0.444 e. The van der Waals surface area contributed by atoms with Crippen LogP contribution in [-0.4, -0.2) is 37.1 Å². The molecule has 1 aliphatic rings. The Bertz CT molecular complexity index is 1180. The Balaban J connectivity index is 1.56. The van der Waals surface area contributed by atoms with Gasteiger partial charge in [-0.3, -0.25) is 10.3 Å². The zero-order chi connectivity index (χ0) is 22.9. The fourth-order valence-electron chi connectivity index (χ4n) is 3.35. The first-order valence-electron chi connectivity index (χ1n) is 10.4. The second-order valence-electron chi connectivity index (χ2n) is 8.83. The minimum atomic E-state index is -0.578. The van der Waals surface area contributed by atoms with Crippen LogP contribution in [0.1, 0.15) is 51.4 Å². The summed E-state index contributed by atoms with van der Waals surface area (Å²) in [5.41, 5.74) is 4.47. The molecule has 0 bridgehead atoms. The molecule has 1 amide bonds. The smallest absolute Gasteiger partial charge is 0.414 e. The van der Waals surface area contributed by atoms with Crippen molar-refractivity contribution in [3.63, 3.8) is 0 Å². The molecule has 0 fully saturated rings. The molecule has 0 unspecified atom stereocenters. The minimum Gasteiger partial charge on any atom is -0.444 e. The van der Waals surface area contributed by atoms with Crippen molar-refractivity contribution >= 4 is 34.1 Å².